The molecular formula is C15H19FN2O2. The van der Waals surface area contributed by atoms with Gasteiger partial charge in [0.2, 0.25) is 11.8 Å². The van der Waals surface area contributed by atoms with Gasteiger partial charge in [-0.1, -0.05) is 25.1 Å². The van der Waals surface area contributed by atoms with Crippen LogP contribution in [0.5, 0.6) is 0 Å². The van der Waals surface area contributed by atoms with E-state index in [1.54, 1.807) is 18.2 Å². The number of imide groups is 1. The monoisotopic (exact) mass is 278 g/mol. The molecule has 2 unspecified atom stereocenters. The summed E-state index contributed by atoms with van der Waals surface area (Å²) in [7, 11) is 1.49. The van der Waals surface area contributed by atoms with E-state index in [2.05, 4.69) is 5.32 Å². The van der Waals surface area contributed by atoms with Crippen LogP contribution in [0.2, 0.25) is 0 Å². The summed E-state index contributed by atoms with van der Waals surface area (Å²) in [6.07, 6.45) is 1.48. The largest absolute Gasteiger partial charge is 0.299 e. The zero-order valence-corrected chi connectivity index (χ0v) is 11.7. The van der Waals surface area contributed by atoms with E-state index in [-0.39, 0.29) is 23.7 Å². The zero-order valence-electron chi connectivity index (χ0n) is 11.7. The molecule has 5 heteroatoms. The van der Waals surface area contributed by atoms with Crippen molar-refractivity contribution in [2.24, 2.45) is 0 Å². The minimum absolute atomic E-state index is 0.160. The Morgan fingerprint density at radius 2 is 2.10 bits per heavy atom. The highest BCUT2D eigenvalue weighted by molar-refractivity contribution is 6.00. The van der Waals surface area contributed by atoms with Crippen LogP contribution in [0.25, 0.3) is 0 Å². The Morgan fingerprint density at radius 3 is 2.75 bits per heavy atom. The van der Waals surface area contributed by atoms with Crippen LogP contribution in [0.1, 0.15) is 37.8 Å². The summed E-state index contributed by atoms with van der Waals surface area (Å²) in [6.45, 7) is 1.94. The number of nitrogens with zero attached hydrogens (tertiary/aromatic N) is 1. The molecule has 0 aromatic heterocycles. The first-order valence-corrected chi connectivity index (χ1v) is 6.85. The molecule has 0 radical (unpaired) electrons. The fourth-order valence-corrected chi connectivity index (χ4v) is 2.50. The van der Waals surface area contributed by atoms with Crippen molar-refractivity contribution in [1.82, 2.24) is 10.2 Å². The van der Waals surface area contributed by atoms with Gasteiger partial charge in [0, 0.05) is 25.1 Å². The lowest BCUT2D eigenvalue weighted by Gasteiger charge is -2.31. The van der Waals surface area contributed by atoms with Crippen LogP contribution in [-0.2, 0) is 9.59 Å². The van der Waals surface area contributed by atoms with Crippen LogP contribution in [0.15, 0.2) is 24.3 Å². The molecule has 0 bridgehead atoms. The lowest BCUT2D eigenvalue weighted by molar-refractivity contribution is -0.148. The molecule has 0 spiro atoms. The van der Waals surface area contributed by atoms with E-state index >= 15 is 0 Å². The van der Waals surface area contributed by atoms with Crippen molar-refractivity contribution in [3.05, 3.63) is 35.6 Å². The number of benzene rings is 1. The summed E-state index contributed by atoms with van der Waals surface area (Å²) in [5.74, 6) is -0.678. The number of rotatable bonds is 4. The first-order valence-electron chi connectivity index (χ1n) is 6.85. The number of likely N-dealkylation sites (N-methyl/N-ethyl adjacent to an activating group) is 1. The standard InChI is InChI=1S/C15H19FN2O2/c1-3-12(10-6-4-5-7-11(10)16)17-13-8-9-14(19)18(2)15(13)20/h4-7,12-13,17H,3,8-9H2,1-2H3. The Balaban J connectivity index is 2.13. The van der Waals surface area contributed by atoms with E-state index in [9.17, 15) is 14.0 Å². The Bertz CT molecular complexity index is 518. The number of hydrogen-bond acceptors (Lipinski definition) is 3. The molecule has 1 aliphatic heterocycles. The average molecular weight is 278 g/mol. The smallest absolute Gasteiger partial charge is 0.246 e. The number of carbonyl (C=O) groups excluding carboxylic acids is 2. The fourth-order valence-electron chi connectivity index (χ4n) is 2.50. The minimum Gasteiger partial charge on any atom is -0.299 e. The third kappa shape index (κ3) is 2.88. The Morgan fingerprint density at radius 1 is 1.40 bits per heavy atom. The molecule has 2 amide bonds. The first kappa shape index (κ1) is 14.7. The molecule has 2 rings (SSSR count). The summed E-state index contributed by atoms with van der Waals surface area (Å²) in [6, 6.07) is 5.90. The SMILES string of the molecule is CCC(NC1CCC(=O)N(C)C1=O)c1ccccc1F. The molecule has 2 atom stereocenters. The third-order valence-corrected chi connectivity index (χ3v) is 3.74. The molecule has 0 aliphatic carbocycles. The van der Waals surface area contributed by atoms with Crippen molar-refractivity contribution >= 4 is 11.8 Å². The number of amides is 2. The second kappa shape index (κ2) is 6.13. The predicted molar refractivity (Wildman–Crippen MR) is 73.4 cm³/mol. The molecule has 1 aromatic rings. The van der Waals surface area contributed by atoms with E-state index in [0.717, 1.165) is 4.90 Å². The molecule has 1 heterocycles. The van der Waals surface area contributed by atoms with Crippen molar-refractivity contribution in [3.63, 3.8) is 0 Å². The van der Waals surface area contributed by atoms with E-state index in [1.165, 1.54) is 13.1 Å². The van der Waals surface area contributed by atoms with Gasteiger partial charge in [-0.05, 0) is 18.9 Å². The van der Waals surface area contributed by atoms with E-state index in [0.29, 0.717) is 24.8 Å². The van der Waals surface area contributed by atoms with Gasteiger partial charge < -0.3 is 0 Å². The number of carbonyl (C=O) groups is 2. The highest BCUT2D eigenvalue weighted by Gasteiger charge is 2.33. The van der Waals surface area contributed by atoms with Gasteiger partial charge in [0.05, 0.1) is 6.04 Å². The van der Waals surface area contributed by atoms with Crippen LogP contribution >= 0.6 is 0 Å². The van der Waals surface area contributed by atoms with Gasteiger partial charge in [-0.2, -0.15) is 0 Å². The zero-order chi connectivity index (χ0) is 14.7. The Kier molecular flexibility index (Phi) is 4.49. The van der Waals surface area contributed by atoms with Crippen LogP contribution < -0.4 is 5.32 Å². The molecule has 1 aromatic carbocycles. The van der Waals surface area contributed by atoms with Gasteiger partial charge in [0.25, 0.3) is 0 Å². The van der Waals surface area contributed by atoms with Crippen molar-refractivity contribution < 1.29 is 14.0 Å². The van der Waals surface area contributed by atoms with Gasteiger partial charge in [-0.15, -0.1) is 0 Å². The molecular weight excluding hydrogens is 259 g/mol. The maximum atomic E-state index is 13.8. The molecule has 1 aliphatic rings. The maximum absolute atomic E-state index is 13.8. The molecule has 1 saturated heterocycles. The second-order valence-electron chi connectivity index (χ2n) is 5.03. The van der Waals surface area contributed by atoms with Crippen LogP contribution in [0.4, 0.5) is 4.39 Å². The molecule has 108 valence electrons. The quantitative estimate of drug-likeness (QED) is 0.857. The van der Waals surface area contributed by atoms with Gasteiger partial charge >= 0.3 is 0 Å². The van der Waals surface area contributed by atoms with Crippen LogP contribution in [0.3, 0.4) is 0 Å². The van der Waals surface area contributed by atoms with Crippen molar-refractivity contribution in [2.45, 2.75) is 38.3 Å². The summed E-state index contributed by atoms with van der Waals surface area (Å²) < 4.78 is 13.8. The topological polar surface area (TPSA) is 49.4 Å². The van der Waals surface area contributed by atoms with Gasteiger partial charge in [-0.3, -0.25) is 19.8 Å². The number of likely N-dealkylation sites (tertiary alicyclic amines) is 1. The van der Waals surface area contributed by atoms with E-state index in [4.69, 9.17) is 0 Å². The normalized spacial score (nSPS) is 21.1. The van der Waals surface area contributed by atoms with Crippen LogP contribution in [0, 0.1) is 5.82 Å². The van der Waals surface area contributed by atoms with Crippen LogP contribution in [-0.4, -0.2) is 29.8 Å². The second-order valence-corrected chi connectivity index (χ2v) is 5.03. The fraction of sp³-hybridized carbons (Fsp3) is 0.467. The molecule has 20 heavy (non-hydrogen) atoms. The van der Waals surface area contributed by atoms with Crippen molar-refractivity contribution in [2.75, 3.05) is 7.05 Å². The van der Waals surface area contributed by atoms with E-state index < -0.39 is 6.04 Å². The molecule has 4 nitrogen and oxygen atoms in total. The summed E-state index contributed by atoms with van der Waals surface area (Å²) in [5, 5.41) is 3.18. The number of nitrogens with one attached hydrogen (secondary N) is 1. The molecule has 0 saturated carbocycles. The van der Waals surface area contributed by atoms with Crippen molar-refractivity contribution in [3.8, 4) is 0 Å². The van der Waals surface area contributed by atoms with E-state index in [1.807, 2.05) is 6.92 Å². The highest BCUT2D eigenvalue weighted by atomic mass is 19.1. The number of halogens is 1. The van der Waals surface area contributed by atoms with Gasteiger partial charge in [0.1, 0.15) is 5.82 Å². The predicted octanol–water partition coefficient (Wildman–Crippen LogP) is 2.01. The number of hydrogen-bond donors (Lipinski definition) is 1. The Labute approximate surface area is 118 Å². The highest BCUT2D eigenvalue weighted by Crippen LogP contribution is 2.22. The summed E-state index contributed by atoms with van der Waals surface area (Å²) in [5.41, 5.74) is 0.558. The number of piperidine rings is 1. The van der Waals surface area contributed by atoms with Crippen molar-refractivity contribution in [1.29, 1.82) is 0 Å². The maximum Gasteiger partial charge on any atom is 0.246 e. The molecule has 1 fully saturated rings. The molecule has 1 N–H and O–H groups in total. The van der Waals surface area contributed by atoms with Gasteiger partial charge in [-0.25, -0.2) is 4.39 Å². The average Bonchev–Trinajstić information content (AvgIpc) is 2.45. The first-order chi connectivity index (χ1) is 9.54. The Hall–Kier alpha value is -1.75. The van der Waals surface area contributed by atoms with Gasteiger partial charge in [0.15, 0.2) is 0 Å². The lowest BCUT2D eigenvalue weighted by atomic mass is 9.99. The lowest BCUT2D eigenvalue weighted by Crippen LogP contribution is -2.52. The third-order valence-electron chi connectivity index (χ3n) is 3.74. The summed E-state index contributed by atoms with van der Waals surface area (Å²) in [4.78, 5) is 24.6. The minimum atomic E-state index is -0.428. The summed E-state index contributed by atoms with van der Waals surface area (Å²) >= 11 is 0.